The van der Waals surface area contributed by atoms with Crippen molar-refractivity contribution in [2.45, 2.75) is 84.7 Å². The summed E-state index contributed by atoms with van der Waals surface area (Å²) in [5.41, 5.74) is 8.30. The van der Waals surface area contributed by atoms with Crippen LogP contribution in [0.1, 0.15) is 77.2 Å². The number of nitrogens with zero attached hydrogens (tertiary/aromatic N) is 2. The van der Waals surface area contributed by atoms with Gasteiger partial charge in [-0.3, -0.25) is 4.79 Å². The van der Waals surface area contributed by atoms with Crippen LogP contribution in [0.3, 0.4) is 0 Å². The molecular formula is C31H40N4O2. The molecule has 37 heavy (non-hydrogen) atoms. The van der Waals surface area contributed by atoms with E-state index >= 15 is 0 Å². The highest BCUT2D eigenvalue weighted by Gasteiger charge is 2.20. The van der Waals surface area contributed by atoms with Crippen LogP contribution in [0.5, 0.6) is 5.75 Å². The summed E-state index contributed by atoms with van der Waals surface area (Å²) >= 11 is 0. The Kier molecular flexibility index (Phi) is 9.19. The first kappa shape index (κ1) is 26.7. The first-order valence-electron chi connectivity index (χ1n) is 13.6. The van der Waals surface area contributed by atoms with Gasteiger partial charge in [0, 0.05) is 18.3 Å². The number of carbonyl (C=O) groups excluding carboxylic acids is 1. The molecule has 2 N–H and O–H groups in total. The fraction of sp³-hybridized carbons (Fsp3) is 0.484. The van der Waals surface area contributed by atoms with E-state index in [2.05, 4.69) is 47.0 Å². The van der Waals surface area contributed by atoms with E-state index in [-0.39, 0.29) is 12.0 Å². The van der Waals surface area contributed by atoms with E-state index in [9.17, 15) is 4.79 Å². The molecular weight excluding hydrogens is 460 g/mol. The Balaban J connectivity index is 1.53. The van der Waals surface area contributed by atoms with Crippen molar-refractivity contribution in [1.82, 2.24) is 5.32 Å². The number of nitrogens with one attached hydrogen (secondary N) is 2. The van der Waals surface area contributed by atoms with Crippen molar-refractivity contribution in [2.75, 3.05) is 11.9 Å². The molecule has 6 nitrogen and oxygen atoms in total. The van der Waals surface area contributed by atoms with E-state index in [1.807, 2.05) is 13.0 Å². The number of rotatable bonds is 8. The zero-order chi connectivity index (χ0) is 26.2. The van der Waals surface area contributed by atoms with Crippen molar-refractivity contribution in [2.24, 2.45) is 15.9 Å². The van der Waals surface area contributed by atoms with E-state index in [0.29, 0.717) is 29.7 Å². The fourth-order valence-electron chi connectivity index (χ4n) is 5.06. The highest BCUT2D eigenvalue weighted by Crippen LogP contribution is 2.33. The minimum atomic E-state index is -0.152. The number of aliphatic imine (C=N–C) groups is 2. The van der Waals surface area contributed by atoms with Crippen LogP contribution in [0.2, 0.25) is 0 Å². The number of hydrogen-bond acceptors (Lipinski definition) is 5. The largest absolute Gasteiger partial charge is 0.488 e. The van der Waals surface area contributed by atoms with Gasteiger partial charge in [-0.2, -0.15) is 0 Å². The maximum atomic E-state index is 13.0. The predicted octanol–water partition coefficient (Wildman–Crippen LogP) is 6.80. The van der Waals surface area contributed by atoms with Crippen LogP contribution in [0.15, 0.2) is 69.2 Å². The number of carbonyl (C=O) groups is 1. The van der Waals surface area contributed by atoms with Gasteiger partial charge in [0.15, 0.2) is 5.82 Å². The highest BCUT2D eigenvalue weighted by atomic mass is 16.5. The molecule has 1 aromatic carbocycles. The second-order valence-electron chi connectivity index (χ2n) is 10.5. The van der Waals surface area contributed by atoms with Gasteiger partial charge in [-0.15, -0.1) is 5.73 Å². The van der Waals surface area contributed by atoms with Crippen LogP contribution < -0.4 is 15.4 Å². The van der Waals surface area contributed by atoms with Crippen molar-refractivity contribution in [3.8, 4) is 5.75 Å². The first-order chi connectivity index (χ1) is 17.9. The Morgan fingerprint density at radius 1 is 1.16 bits per heavy atom. The standard InChI is InChI=1S/C31H40N4O2/c1-21-9-7-11-25(16-14-21)20-33-31(36)24(4)34-29-23(3)10-8-18-32-30(29)35-27-17-15-22(2)19-28(27)37-26-12-5-6-13-26/h8,15,17-19,25-26,35H,1,5-7,9,11-14,16,20H2,2-4H3,(H,33,36). The molecule has 3 aliphatic rings. The van der Waals surface area contributed by atoms with E-state index < -0.39 is 0 Å². The molecule has 2 saturated carbocycles. The number of benzene rings is 1. The smallest absolute Gasteiger partial charge is 0.265 e. The summed E-state index contributed by atoms with van der Waals surface area (Å²) in [5.74, 6) is 1.71. The Hall–Kier alpha value is -3.37. The molecule has 1 aliphatic heterocycles. The molecule has 1 heterocycles. The SMILES string of the molecule is C=C1CCCC(CNC(=O)C(C)=NC2=C(Nc3ccc(C)cc3OC3CCCC3)N=CC=C=C2C)CC1. The van der Waals surface area contributed by atoms with Crippen molar-refractivity contribution in [3.63, 3.8) is 0 Å². The van der Waals surface area contributed by atoms with Crippen molar-refractivity contribution in [1.29, 1.82) is 0 Å². The molecule has 2 aliphatic carbocycles. The lowest BCUT2D eigenvalue weighted by atomic mass is 10.0. The summed E-state index contributed by atoms with van der Waals surface area (Å²) in [4.78, 5) is 22.3. The van der Waals surface area contributed by atoms with Gasteiger partial charge in [-0.25, -0.2) is 9.98 Å². The van der Waals surface area contributed by atoms with Gasteiger partial charge < -0.3 is 15.4 Å². The molecule has 0 spiro atoms. The number of amides is 1. The summed E-state index contributed by atoms with van der Waals surface area (Å²) in [6.07, 6.45) is 13.8. The molecule has 196 valence electrons. The number of ether oxygens (including phenoxy) is 1. The van der Waals surface area contributed by atoms with E-state index in [1.54, 1.807) is 19.2 Å². The maximum absolute atomic E-state index is 13.0. The predicted molar refractivity (Wildman–Crippen MR) is 152 cm³/mol. The molecule has 1 amide bonds. The van der Waals surface area contributed by atoms with E-state index in [4.69, 9.17) is 9.73 Å². The average molecular weight is 501 g/mol. The molecule has 0 radical (unpaired) electrons. The number of allylic oxidation sites excluding steroid dienone is 2. The third-order valence-electron chi connectivity index (χ3n) is 7.35. The maximum Gasteiger partial charge on any atom is 0.265 e. The van der Waals surface area contributed by atoms with Gasteiger partial charge in [-0.05, 0) is 108 Å². The summed E-state index contributed by atoms with van der Waals surface area (Å²) in [6.45, 7) is 10.5. The van der Waals surface area contributed by atoms with E-state index in [1.165, 1.54) is 18.4 Å². The Labute approximate surface area is 221 Å². The summed E-state index contributed by atoms with van der Waals surface area (Å²) in [6, 6.07) is 6.13. The molecule has 1 unspecified atom stereocenters. The molecule has 1 atom stereocenters. The van der Waals surface area contributed by atoms with Crippen LogP contribution in [-0.2, 0) is 4.79 Å². The van der Waals surface area contributed by atoms with Crippen molar-refractivity contribution < 1.29 is 9.53 Å². The third kappa shape index (κ3) is 7.56. The molecule has 2 fully saturated rings. The Morgan fingerprint density at radius 2 is 1.97 bits per heavy atom. The molecule has 6 heteroatoms. The third-order valence-corrected chi connectivity index (χ3v) is 7.35. The minimum Gasteiger partial charge on any atom is -0.488 e. The van der Waals surface area contributed by atoms with Gasteiger partial charge >= 0.3 is 0 Å². The van der Waals surface area contributed by atoms with Gasteiger partial charge in [0.25, 0.3) is 5.91 Å². The second kappa shape index (κ2) is 12.7. The zero-order valence-corrected chi connectivity index (χ0v) is 22.5. The summed E-state index contributed by atoms with van der Waals surface area (Å²) in [5, 5.41) is 6.54. The first-order valence-corrected chi connectivity index (χ1v) is 13.6. The van der Waals surface area contributed by atoms with Gasteiger partial charge in [-0.1, -0.05) is 18.2 Å². The van der Waals surface area contributed by atoms with Crippen LogP contribution in [0.25, 0.3) is 0 Å². The number of aryl methyl sites for hydroxylation is 1. The van der Waals surface area contributed by atoms with Crippen LogP contribution >= 0.6 is 0 Å². The molecule has 1 aromatic rings. The lowest BCUT2D eigenvalue weighted by Crippen LogP contribution is -2.33. The van der Waals surface area contributed by atoms with Crippen LogP contribution in [-0.4, -0.2) is 30.5 Å². The lowest BCUT2D eigenvalue weighted by Gasteiger charge is -2.19. The molecule has 0 bridgehead atoms. The van der Waals surface area contributed by atoms with Crippen molar-refractivity contribution >= 4 is 23.5 Å². The summed E-state index contributed by atoms with van der Waals surface area (Å²) < 4.78 is 6.37. The van der Waals surface area contributed by atoms with Gasteiger partial charge in [0.05, 0.1) is 11.8 Å². The Morgan fingerprint density at radius 3 is 2.78 bits per heavy atom. The molecule has 4 rings (SSSR count). The van der Waals surface area contributed by atoms with Gasteiger partial charge in [0.2, 0.25) is 0 Å². The topological polar surface area (TPSA) is 75.1 Å². The highest BCUT2D eigenvalue weighted by molar-refractivity contribution is 6.38. The van der Waals surface area contributed by atoms with Crippen molar-refractivity contribution in [3.05, 3.63) is 64.8 Å². The fourth-order valence-corrected chi connectivity index (χ4v) is 5.06. The minimum absolute atomic E-state index is 0.152. The number of hydrogen-bond donors (Lipinski definition) is 2. The number of anilines is 1. The zero-order valence-electron chi connectivity index (χ0n) is 22.5. The van der Waals surface area contributed by atoms with Crippen LogP contribution in [0, 0.1) is 12.8 Å². The normalized spacial score (nSPS) is 20.9. The molecule has 0 saturated heterocycles. The second-order valence-corrected chi connectivity index (χ2v) is 10.5. The van der Waals surface area contributed by atoms with Crippen LogP contribution in [0.4, 0.5) is 5.69 Å². The van der Waals surface area contributed by atoms with Gasteiger partial charge in [0.1, 0.15) is 17.2 Å². The molecule has 0 aromatic heterocycles. The average Bonchev–Trinajstić information content (AvgIpc) is 3.22. The Bertz CT molecular complexity index is 1180. The lowest BCUT2D eigenvalue weighted by molar-refractivity contribution is -0.115. The summed E-state index contributed by atoms with van der Waals surface area (Å²) in [7, 11) is 0. The quantitative estimate of drug-likeness (QED) is 0.178. The van der Waals surface area contributed by atoms with E-state index in [0.717, 1.165) is 67.5 Å². The monoisotopic (exact) mass is 500 g/mol.